The molecule has 30 heteroatoms. The van der Waals surface area contributed by atoms with Crippen LogP contribution in [0.5, 0.6) is 0 Å². The largest absolute Gasteiger partial charge is 0.481 e. The number of hydrogen-bond acceptors (Lipinski definition) is 19. The second-order valence-corrected chi connectivity index (χ2v) is 21.8. The molecule has 1 aliphatic carbocycles. The number of imide groups is 1. The number of aromatic nitrogens is 2. The van der Waals surface area contributed by atoms with Gasteiger partial charge in [0.1, 0.15) is 24.5 Å². The number of pyridine rings is 2. The number of aliphatic hydroxyl groups is 1. The number of halogens is 1. The number of cyclic esters (lactones) is 1. The number of fused-ring (bicyclic) bond motifs is 5. The van der Waals surface area contributed by atoms with E-state index in [9.17, 15) is 63.0 Å². The Hall–Kier alpha value is -9.36. The van der Waals surface area contributed by atoms with Crippen LogP contribution >= 0.6 is 0 Å². The van der Waals surface area contributed by atoms with Crippen molar-refractivity contribution in [3.63, 3.8) is 0 Å². The van der Waals surface area contributed by atoms with E-state index in [1.807, 2.05) is 0 Å². The standard InChI is InChI=1S/C61H71FN10O19/c1-3-61(86)39-26-45-56-37(31-71(45)58(83)38(39)33-91-60(61)85)55-44(10-9-36-34(2)40(62)27-41(69-56)54(36)55)72(32-46(63)73)59(84)43(25-35-7-5-4-6-8-35)68-50(77)30-65-49(76)29-66-57(82)42(28-53(80)81)67-48(75)14-17-87-19-21-89-23-24-90-22-20-88-18-15-64-47(74)13-16-70-51(78)11-12-52(70)79/h4-8,11-12,26-27,42-44,86H,3,9-10,13-25,28-33H2,1-2H3,(H2,63,73)(H,64,74)(H,65,76)(H,66,82)(H,67,75)(H,68,77)(H,80,81)/t42-,43-,44-,61-/m0/s1. The zero-order chi connectivity index (χ0) is 65.5. The van der Waals surface area contributed by atoms with Crippen LogP contribution in [0.25, 0.3) is 22.3 Å². The minimum Gasteiger partial charge on any atom is -0.481 e. The van der Waals surface area contributed by atoms with Gasteiger partial charge in [0.15, 0.2) is 5.60 Å². The molecule has 8 rings (SSSR count). The smallest absolute Gasteiger partial charge is 0.343 e. The highest BCUT2D eigenvalue weighted by Gasteiger charge is 2.47. The van der Waals surface area contributed by atoms with Gasteiger partial charge in [0.25, 0.3) is 17.4 Å². The number of carbonyl (C=O) groups excluding carboxylic acids is 10. The third-order valence-electron chi connectivity index (χ3n) is 15.8. The molecule has 0 saturated carbocycles. The van der Waals surface area contributed by atoms with E-state index in [0.717, 1.165) is 17.1 Å². The normalized spacial score (nSPS) is 16.7. The Morgan fingerprint density at radius 3 is 2.11 bits per heavy atom. The Kier molecular flexibility index (Phi) is 22.9. The molecular weight excluding hydrogens is 1200 g/mol. The maximum Gasteiger partial charge on any atom is 0.343 e. The first kappa shape index (κ1) is 67.6. The van der Waals surface area contributed by atoms with Crippen LogP contribution in [0.2, 0.25) is 0 Å². The maximum atomic E-state index is 15.8. The van der Waals surface area contributed by atoms with Gasteiger partial charge in [0.2, 0.25) is 41.4 Å². The first-order valence-electron chi connectivity index (χ1n) is 29.5. The van der Waals surface area contributed by atoms with Crippen LogP contribution in [0.3, 0.4) is 0 Å². The van der Waals surface area contributed by atoms with Crippen molar-refractivity contribution in [2.45, 2.75) is 95.7 Å². The Morgan fingerprint density at radius 1 is 0.802 bits per heavy atom. The monoisotopic (exact) mass is 1270 g/mol. The van der Waals surface area contributed by atoms with Gasteiger partial charge in [-0.05, 0) is 54.5 Å². The molecule has 4 atom stereocenters. The van der Waals surface area contributed by atoms with Crippen LogP contribution in [0.15, 0.2) is 59.4 Å². The molecule has 91 heavy (non-hydrogen) atoms. The van der Waals surface area contributed by atoms with Gasteiger partial charge in [-0.25, -0.2) is 14.2 Å². The van der Waals surface area contributed by atoms with Crippen LogP contribution in [0.1, 0.15) is 84.0 Å². The molecule has 0 fully saturated rings. The number of carboxylic acid groups (broad SMARTS) is 1. The highest BCUT2D eigenvalue weighted by atomic mass is 19.1. The van der Waals surface area contributed by atoms with Crippen molar-refractivity contribution in [2.24, 2.45) is 5.73 Å². The molecule has 4 aliphatic rings. The quantitative estimate of drug-likeness (QED) is 0.0134. The summed E-state index contributed by atoms with van der Waals surface area (Å²) in [5, 5.41) is 33.7. The van der Waals surface area contributed by atoms with Crippen molar-refractivity contribution >= 4 is 76.0 Å². The van der Waals surface area contributed by atoms with Gasteiger partial charge >= 0.3 is 11.9 Å². The second kappa shape index (κ2) is 30.9. The van der Waals surface area contributed by atoms with Crippen molar-refractivity contribution in [2.75, 3.05) is 85.6 Å². The average Bonchev–Trinajstić information content (AvgIpc) is 1.63. The zero-order valence-corrected chi connectivity index (χ0v) is 50.1. The van der Waals surface area contributed by atoms with Crippen LogP contribution in [0, 0.1) is 12.7 Å². The van der Waals surface area contributed by atoms with Gasteiger partial charge in [-0.15, -0.1) is 0 Å². The number of aryl methyl sites for hydroxylation is 1. The van der Waals surface area contributed by atoms with E-state index in [-0.39, 0.29) is 145 Å². The number of benzene rings is 2. The number of rotatable bonds is 34. The molecule has 0 saturated heterocycles. The molecule has 9 amide bonds. The topological polar surface area (TPSA) is 402 Å². The maximum absolute atomic E-state index is 15.8. The number of nitrogens with zero attached hydrogens (tertiary/aromatic N) is 4. The summed E-state index contributed by atoms with van der Waals surface area (Å²) in [4.78, 5) is 162. The molecule has 2 aromatic carbocycles. The van der Waals surface area contributed by atoms with Gasteiger partial charge in [0, 0.05) is 67.1 Å². The molecule has 4 aromatic rings. The third kappa shape index (κ3) is 16.5. The van der Waals surface area contributed by atoms with E-state index < -0.39 is 127 Å². The molecule has 0 unspecified atom stereocenters. The van der Waals surface area contributed by atoms with Crippen molar-refractivity contribution in [1.29, 1.82) is 0 Å². The lowest BCUT2D eigenvalue weighted by Crippen LogP contribution is -2.54. The Balaban J connectivity index is 0.813. The summed E-state index contributed by atoms with van der Waals surface area (Å²) in [6.07, 6.45) is 1.21. The predicted molar refractivity (Wildman–Crippen MR) is 315 cm³/mol. The van der Waals surface area contributed by atoms with Gasteiger partial charge in [-0.1, -0.05) is 37.3 Å². The lowest BCUT2D eigenvalue weighted by molar-refractivity contribution is -0.172. The first-order chi connectivity index (χ1) is 43.6. The number of nitrogens with two attached hydrogens (primary N) is 1. The summed E-state index contributed by atoms with van der Waals surface area (Å²) >= 11 is 0. The third-order valence-corrected chi connectivity index (χ3v) is 15.8. The first-order valence-corrected chi connectivity index (χ1v) is 29.5. The van der Waals surface area contributed by atoms with E-state index in [1.165, 1.54) is 21.6 Å². The summed E-state index contributed by atoms with van der Waals surface area (Å²) in [5.74, 6) is -9.44. The van der Waals surface area contributed by atoms with Crippen molar-refractivity contribution in [1.82, 2.24) is 45.9 Å². The van der Waals surface area contributed by atoms with E-state index in [0.29, 0.717) is 33.2 Å². The zero-order valence-electron chi connectivity index (χ0n) is 50.1. The van der Waals surface area contributed by atoms with E-state index >= 15 is 9.18 Å². The predicted octanol–water partition coefficient (Wildman–Crippen LogP) is -1.36. The summed E-state index contributed by atoms with van der Waals surface area (Å²) in [6, 6.07) is 7.27. The van der Waals surface area contributed by atoms with Gasteiger partial charge in [-0.2, -0.15) is 0 Å². The molecule has 0 bridgehead atoms. The fourth-order valence-corrected chi connectivity index (χ4v) is 11.2. The molecule has 3 aliphatic heterocycles. The summed E-state index contributed by atoms with van der Waals surface area (Å²) in [5.41, 5.74) is 6.23. The van der Waals surface area contributed by atoms with E-state index in [2.05, 4.69) is 26.6 Å². The Bertz CT molecular complexity index is 3580. The minimum absolute atomic E-state index is 0.0156. The highest BCUT2D eigenvalue weighted by Crippen LogP contribution is 2.48. The molecule has 5 heterocycles. The molecule has 486 valence electrons. The van der Waals surface area contributed by atoms with Gasteiger partial charge in [-0.3, -0.25) is 57.6 Å². The summed E-state index contributed by atoms with van der Waals surface area (Å²) in [7, 11) is 0. The van der Waals surface area contributed by atoms with Crippen LogP contribution in [-0.4, -0.2) is 192 Å². The number of carboxylic acids is 1. The number of ether oxygens (including phenoxy) is 5. The van der Waals surface area contributed by atoms with Gasteiger partial charge < -0.3 is 75.7 Å². The lowest BCUT2D eigenvalue weighted by Gasteiger charge is -2.38. The van der Waals surface area contributed by atoms with E-state index in [4.69, 9.17) is 34.4 Å². The van der Waals surface area contributed by atoms with Crippen molar-refractivity contribution in [3.8, 4) is 11.4 Å². The SMILES string of the molecule is CC[C@@]1(O)C(=O)OCc2c1cc1n(c2=O)Cc2c-1nc1cc(F)c(C)c3c1c2[C@@H](N(CC(N)=O)C(=O)[C@H](Cc1ccccc1)NC(=O)CNC(=O)CNC(=O)[C@H](CC(=O)O)NC(=O)CCOCCOCCOCCOCCNC(=O)CCN1C(=O)C=CC1=O)CC3. The van der Waals surface area contributed by atoms with Crippen molar-refractivity contribution in [3.05, 3.63) is 110 Å². The average molecular weight is 1270 g/mol. The van der Waals surface area contributed by atoms with Crippen LogP contribution in [0.4, 0.5) is 4.39 Å². The number of primary amides is 1. The minimum atomic E-state index is -2.15. The molecule has 0 spiro atoms. The highest BCUT2D eigenvalue weighted by molar-refractivity contribution is 6.13. The Labute approximate surface area is 519 Å². The lowest BCUT2D eigenvalue weighted by atomic mass is 9.80. The summed E-state index contributed by atoms with van der Waals surface area (Å²) in [6.45, 7) is 1.97. The fourth-order valence-electron chi connectivity index (χ4n) is 11.2. The van der Waals surface area contributed by atoms with Gasteiger partial charge in [0.05, 0.1) is 114 Å². The molecule has 9 N–H and O–H groups in total. The number of hydrogen-bond donors (Lipinski definition) is 8. The molecule has 2 aromatic heterocycles. The molecule has 0 radical (unpaired) electrons. The van der Waals surface area contributed by atoms with Crippen LogP contribution in [-0.2, 0) is 108 Å². The number of carbonyl (C=O) groups is 11. The number of amides is 9. The second-order valence-electron chi connectivity index (χ2n) is 21.8. The molecular formula is C61H71FN10O19. The summed E-state index contributed by atoms with van der Waals surface area (Å²) < 4.78 is 44.1. The van der Waals surface area contributed by atoms with E-state index in [1.54, 1.807) is 44.2 Å². The molecule has 29 nitrogen and oxygen atoms in total. The fraction of sp³-hybridized carbons (Fsp3) is 0.459. The van der Waals surface area contributed by atoms with Crippen LogP contribution < -0.4 is 37.9 Å². The number of esters is 1. The van der Waals surface area contributed by atoms with Crippen molar-refractivity contribution < 1.29 is 91.0 Å². The Morgan fingerprint density at radius 2 is 1.45 bits per heavy atom. The number of nitrogens with one attached hydrogen (secondary N) is 5. The number of aliphatic carboxylic acids is 1.